The fourth-order valence-corrected chi connectivity index (χ4v) is 0.935. The van der Waals surface area contributed by atoms with E-state index in [0.29, 0.717) is 12.3 Å². The van der Waals surface area contributed by atoms with E-state index >= 15 is 0 Å². The van der Waals surface area contributed by atoms with E-state index in [-0.39, 0.29) is 0 Å². The number of nitrogens with zero attached hydrogens (tertiary/aromatic N) is 1. The highest BCUT2D eigenvalue weighted by atomic mass is 14.8. The fraction of sp³-hybridized carbons (Fsp3) is 0.700. The molecule has 2 nitrogen and oxygen atoms in total. The Labute approximate surface area is 75.6 Å². The van der Waals surface area contributed by atoms with Gasteiger partial charge in [0.25, 0.3) is 0 Å². The number of hydrogen-bond acceptors (Lipinski definition) is 1. The van der Waals surface area contributed by atoms with Gasteiger partial charge >= 0.3 is 0 Å². The standard InChI is InChI=1S/C10H20N2/c1-4-6-10(11)12-8-5-7-9(2)3/h4,9H,1,5-8H2,2-3H3,(H2,11,12). The molecule has 0 aliphatic heterocycles. The van der Waals surface area contributed by atoms with E-state index < -0.39 is 0 Å². The first kappa shape index (κ1) is 11.2. The summed E-state index contributed by atoms with van der Waals surface area (Å²) in [5, 5.41) is 0. The number of hydrogen-bond donors (Lipinski definition) is 1. The molecule has 70 valence electrons. The minimum atomic E-state index is 0.703. The summed E-state index contributed by atoms with van der Waals surface area (Å²) in [7, 11) is 0. The first-order valence-corrected chi connectivity index (χ1v) is 4.56. The van der Waals surface area contributed by atoms with Crippen molar-refractivity contribution < 1.29 is 0 Å². The Hall–Kier alpha value is -0.790. The first-order chi connectivity index (χ1) is 5.66. The van der Waals surface area contributed by atoms with Gasteiger partial charge in [-0.2, -0.15) is 0 Å². The second kappa shape index (κ2) is 6.89. The smallest absolute Gasteiger partial charge is 0.0975 e. The minimum absolute atomic E-state index is 0.703. The van der Waals surface area contributed by atoms with Crippen LogP contribution in [0, 0.1) is 5.92 Å². The summed E-state index contributed by atoms with van der Waals surface area (Å²) < 4.78 is 0. The second-order valence-electron chi connectivity index (χ2n) is 3.40. The van der Waals surface area contributed by atoms with Crippen LogP contribution >= 0.6 is 0 Å². The third kappa shape index (κ3) is 7.32. The SMILES string of the molecule is C=CCC(N)=NCCCC(C)C. The lowest BCUT2D eigenvalue weighted by Gasteiger charge is -2.01. The van der Waals surface area contributed by atoms with Crippen LogP contribution in [0.2, 0.25) is 0 Å². The zero-order chi connectivity index (χ0) is 9.40. The topological polar surface area (TPSA) is 38.4 Å². The Kier molecular flexibility index (Phi) is 6.44. The van der Waals surface area contributed by atoms with Crippen LogP contribution in [0.25, 0.3) is 0 Å². The third-order valence-corrected chi connectivity index (χ3v) is 1.61. The van der Waals surface area contributed by atoms with Crippen molar-refractivity contribution in [2.24, 2.45) is 16.6 Å². The minimum Gasteiger partial charge on any atom is -0.387 e. The summed E-state index contributed by atoms with van der Waals surface area (Å²) in [6, 6.07) is 0. The van der Waals surface area contributed by atoms with Gasteiger partial charge in [-0.05, 0) is 18.8 Å². The maximum absolute atomic E-state index is 5.58. The van der Waals surface area contributed by atoms with Crippen LogP contribution in [-0.4, -0.2) is 12.4 Å². The predicted octanol–water partition coefficient (Wildman–Crippen LogP) is 2.36. The number of amidine groups is 1. The predicted molar refractivity (Wildman–Crippen MR) is 55.4 cm³/mol. The highest BCUT2D eigenvalue weighted by Crippen LogP contribution is 2.02. The van der Waals surface area contributed by atoms with E-state index in [4.69, 9.17) is 5.73 Å². The zero-order valence-corrected chi connectivity index (χ0v) is 8.21. The summed E-state index contributed by atoms with van der Waals surface area (Å²) in [6.07, 6.45) is 4.85. The quantitative estimate of drug-likeness (QED) is 0.281. The molecule has 0 spiro atoms. The lowest BCUT2D eigenvalue weighted by molar-refractivity contribution is 0.561. The summed E-state index contributed by atoms with van der Waals surface area (Å²) in [6.45, 7) is 8.89. The van der Waals surface area contributed by atoms with E-state index in [1.54, 1.807) is 6.08 Å². The molecular formula is C10H20N2. The number of nitrogens with two attached hydrogens (primary N) is 1. The van der Waals surface area contributed by atoms with E-state index in [9.17, 15) is 0 Å². The van der Waals surface area contributed by atoms with Crippen molar-refractivity contribution in [2.45, 2.75) is 33.1 Å². The van der Waals surface area contributed by atoms with Crippen LogP contribution in [0.1, 0.15) is 33.1 Å². The van der Waals surface area contributed by atoms with Crippen LogP contribution in [-0.2, 0) is 0 Å². The molecule has 2 N–H and O–H groups in total. The molecule has 0 bridgehead atoms. The molecule has 0 aliphatic rings. The maximum Gasteiger partial charge on any atom is 0.0975 e. The average molecular weight is 168 g/mol. The van der Waals surface area contributed by atoms with Crippen LogP contribution in [0.15, 0.2) is 17.6 Å². The molecule has 0 fully saturated rings. The van der Waals surface area contributed by atoms with Crippen molar-refractivity contribution in [1.29, 1.82) is 0 Å². The van der Waals surface area contributed by atoms with Gasteiger partial charge in [-0.15, -0.1) is 6.58 Å². The van der Waals surface area contributed by atoms with Crippen LogP contribution in [0.3, 0.4) is 0 Å². The molecule has 2 heteroatoms. The highest BCUT2D eigenvalue weighted by Gasteiger charge is 1.92. The van der Waals surface area contributed by atoms with E-state index in [0.717, 1.165) is 18.9 Å². The van der Waals surface area contributed by atoms with Crippen molar-refractivity contribution >= 4 is 5.84 Å². The molecule has 0 atom stereocenters. The molecule has 0 heterocycles. The molecule has 0 aromatic heterocycles. The molecule has 0 saturated carbocycles. The van der Waals surface area contributed by atoms with Gasteiger partial charge in [-0.1, -0.05) is 19.9 Å². The molecule has 0 aromatic rings. The summed E-state index contributed by atoms with van der Waals surface area (Å²) in [5.74, 6) is 1.47. The van der Waals surface area contributed by atoms with Gasteiger partial charge in [-0.3, -0.25) is 4.99 Å². The summed E-state index contributed by atoms with van der Waals surface area (Å²) in [5.41, 5.74) is 5.58. The molecule has 12 heavy (non-hydrogen) atoms. The Morgan fingerprint density at radius 2 is 2.25 bits per heavy atom. The normalized spacial score (nSPS) is 12.1. The maximum atomic E-state index is 5.58. The van der Waals surface area contributed by atoms with E-state index in [1.807, 2.05) is 0 Å². The van der Waals surface area contributed by atoms with Gasteiger partial charge in [0, 0.05) is 13.0 Å². The van der Waals surface area contributed by atoms with E-state index in [1.165, 1.54) is 6.42 Å². The molecular weight excluding hydrogens is 148 g/mol. The molecule has 0 radical (unpaired) electrons. The average Bonchev–Trinajstić information content (AvgIpc) is 1.98. The molecule has 0 rings (SSSR count). The fourth-order valence-electron chi connectivity index (χ4n) is 0.935. The Balaban J connectivity index is 3.39. The summed E-state index contributed by atoms with van der Waals surface area (Å²) >= 11 is 0. The Morgan fingerprint density at radius 1 is 1.58 bits per heavy atom. The Morgan fingerprint density at radius 3 is 2.75 bits per heavy atom. The van der Waals surface area contributed by atoms with Crippen LogP contribution < -0.4 is 5.73 Å². The largest absolute Gasteiger partial charge is 0.387 e. The van der Waals surface area contributed by atoms with Crippen LogP contribution in [0.4, 0.5) is 0 Å². The number of rotatable bonds is 6. The van der Waals surface area contributed by atoms with Gasteiger partial charge in [0.1, 0.15) is 0 Å². The third-order valence-electron chi connectivity index (χ3n) is 1.61. The van der Waals surface area contributed by atoms with E-state index in [2.05, 4.69) is 25.4 Å². The molecule has 0 aliphatic carbocycles. The van der Waals surface area contributed by atoms with Gasteiger partial charge in [0.2, 0.25) is 0 Å². The number of aliphatic imine (C=N–C) groups is 1. The zero-order valence-electron chi connectivity index (χ0n) is 8.21. The van der Waals surface area contributed by atoms with Crippen molar-refractivity contribution in [2.75, 3.05) is 6.54 Å². The molecule has 0 aromatic carbocycles. The first-order valence-electron chi connectivity index (χ1n) is 4.56. The molecule has 0 unspecified atom stereocenters. The Bertz CT molecular complexity index is 148. The van der Waals surface area contributed by atoms with Crippen molar-refractivity contribution in [3.05, 3.63) is 12.7 Å². The van der Waals surface area contributed by atoms with Crippen LogP contribution in [0.5, 0.6) is 0 Å². The molecule has 0 amide bonds. The summed E-state index contributed by atoms with van der Waals surface area (Å²) in [4.78, 5) is 4.21. The van der Waals surface area contributed by atoms with Crippen molar-refractivity contribution in [3.8, 4) is 0 Å². The van der Waals surface area contributed by atoms with Gasteiger partial charge < -0.3 is 5.73 Å². The highest BCUT2D eigenvalue weighted by molar-refractivity contribution is 5.81. The second-order valence-corrected chi connectivity index (χ2v) is 3.40. The van der Waals surface area contributed by atoms with Gasteiger partial charge in [0.15, 0.2) is 0 Å². The van der Waals surface area contributed by atoms with Crippen molar-refractivity contribution in [1.82, 2.24) is 0 Å². The van der Waals surface area contributed by atoms with Gasteiger partial charge in [0.05, 0.1) is 5.84 Å². The monoisotopic (exact) mass is 168 g/mol. The van der Waals surface area contributed by atoms with Crippen molar-refractivity contribution in [3.63, 3.8) is 0 Å². The molecule has 0 saturated heterocycles. The lowest BCUT2D eigenvalue weighted by atomic mass is 10.1. The van der Waals surface area contributed by atoms with Gasteiger partial charge in [-0.25, -0.2) is 0 Å². The lowest BCUT2D eigenvalue weighted by Crippen LogP contribution is -2.10.